The third-order valence-corrected chi connectivity index (χ3v) is 2.53. The predicted molar refractivity (Wildman–Crippen MR) is 59.4 cm³/mol. The average Bonchev–Trinajstić information content (AvgIpc) is 2.33. The topological polar surface area (TPSA) is 30.5 Å². The highest BCUT2D eigenvalue weighted by Crippen LogP contribution is 2.29. The van der Waals surface area contributed by atoms with Crippen molar-refractivity contribution >= 4 is 0 Å². The fraction of sp³-hybridized carbons (Fsp3) is 0.500. The van der Waals surface area contributed by atoms with E-state index in [0.717, 1.165) is 24.6 Å². The third-order valence-electron chi connectivity index (χ3n) is 2.53. The second-order valence-electron chi connectivity index (χ2n) is 4.44. The molecule has 0 atom stereocenters. The van der Waals surface area contributed by atoms with Crippen molar-refractivity contribution in [3.8, 4) is 11.5 Å². The molecule has 0 spiro atoms. The van der Waals surface area contributed by atoms with E-state index >= 15 is 0 Å². The number of nitrogens with one attached hydrogen (secondary N) is 1. The van der Waals surface area contributed by atoms with Crippen molar-refractivity contribution in [3.63, 3.8) is 0 Å². The van der Waals surface area contributed by atoms with Gasteiger partial charge in [-0.25, -0.2) is 0 Å². The fourth-order valence-corrected chi connectivity index (χ4v) is 1.73. The lowest BCUT2D eigenvalue weighted by Crippen LogP contribution is -2.37. The van der Waals surface area contributed by atoms with E-state index in [-0.39, 0.29) is 5.60 Å². The quantitative estimate of drug-likeness (QED) is 0.763. The summed E-state index contributed by atoms with van der Waals surface area (Å²) in [6, 6.07) is 5.95. The lowest BCUT2D eigenvalue weighted by atomic mass is 10.1. The summed E-state index contributed by atoms with van der Waals surface area (Å²) in [7, 11) is 1.67. The van der Waals surface area contributed by atoms with E-state index in [9.17, 15) is 0 Å². The Morgan fingerprint density at radius 3 is 2.93 bits per heavy atom. The number of hydrogen-bond donors (Lipinski definition) is 1. The Kier molecular flexibility index (Phi) is 2.57. The summed E-state index contributed by atoms with van der Waals surface area (Å²) in [6.45, 7) is 5.86. The summed E-state index contributed by atoms with van der Waals surface area (Å²) in [4.78, 5) is 0. The first-order valence-corrected chi connectivity index (χ1v) is 5.17. The van der Waals surface area contributed by atoms with Gasteiger partial charge in [0.1, 0.15) is 17.1 Å². The van der Waals surface area contributed by atoms with E-state index < -0.39 is 0 Å². The molecule has 0 amide bonds. The van der Waals surface area contributed by atoms with E-state index in [1.165, 1.54) is 5.56 Å². The van der Waals surface area contributed by atoms with E-state index in [2.05, 4.69) is 19.2 Å². The van der Waals surface area contributed by atoms with Gasteiger partial charge in [-0.3, -0.25) is 0 Å². The highest BCUT2D eigenvalue weighted by atomic mass is 16.5. The second kappa shape index (κ2) is 3.74. The highest BCUT2D eigenvalue weighted by molar-refractivity contribution is 5.41. The fourth-order valence-electron chi connectivity index (χ4n) is 1.73. The lowest BCUT2D eigenvalue weighted by Gasteiger charge is -2.24. The molecule has 0 bridgehead atoms. The molecule has 1 aliphatic rings. The van der Waals surface area contributed by atoms with Gasteiger partial charge in [0.25, 0.3) is 0 Å². The Morgan fingerprint density at radius 1 is 1.40 bits per heavy atom. The average molecular weight is 207 g/mol. The molecule has 1 N–H and O–H groups in total. The van der Waals surface area contributed by atoms with Crippen LogP contribution in [0.2, 0.25) is 0 Å². The zero-order chi connectivity index (χ0) is 10.9. The summed E-state index contributed by atoms with van der Waals surface area (Å²) in [5, 5.41) is 3.37. The van der Waals surface area contributed by atoms with Gasteiger partial charge >= 0.3 is 0 Å². The van der Waals surface area contributed by atoms with Crippen LogP contribution in [-0.2, 0) is 6.54 Å². The number of methoxy groups -OCH3 is 1. The molecule has 0 saturated heterocycles. The molecule has 0 aromatic heterocycles. The van der Waals surface area contributed by atoms with Crippen molar-refractivity contribution in [2.24, 2.45) is 0 Å². The zero-order valence-corrected chi connectivity index (χ0v) is 9.46. The maximum absolute atomic E-state index is 5.94. The Hall–Kier alpha value is -1.22. The highest BCUT2D eigenvalue weighted by Gasteiger charge is 2.24. The minimum absolute atomic E-state index is 0.169. The van der Waals surface area contributed by atoms with Crippen molar-refractivity contribution < 1.29 is 9.47 Å². The SMILES string of the molecule is COc1ccc2c(c1)OC(C)(C)CNC2. The molecular formula is C12H17NO2. The molecule has 3 nitrogen and oxygen atoms in total. The van der Waals surface area contributed by atoms with Gasteiger partial charge in [0.05, 0.1) is 7.11 Å². The van der Waals surface area contributed by atoms with Gasteiger partial charge in [-0.05, 0) is 19.9 Å². The Labute approximate surface area is 90.4 Å². The van der Waals surface area contributed by atoms with Crippen LogP contribution in [0.15, 0.2) is 18.2 Å². The first-order chi connectivity index (χ1) is 7.11. The van der Waals surface area contributed by atoms with Crippen LogP contribution in [0, 0.1) is 0 Å². The summed E-state index contributed by atoms with van der Waals surface area (Å²) >= 11 is 0. The maximum atomic E-state index is 5.94. The Bertz CT molecular complexity index is 361. The van der Waals surface area contributed by atoms with Crippen LogP contribution in [0.1, 0.15) is 19.4 Å². The normalized spacial score (nSPS) is 18.6. The summed E-state index contributed by atoms with van der Waals surface area (Å²) < 4.78 is 11.1. The molecule has 1 aliphatic heterocycles. The van der Waals surface area contributed by atoms with Crippen LogP contribution in [0.4, 0.5) is 0 Å². The van der Waals surface area contributed by atoms with Gasteiger partial charge in [-0.1, -0.05) is 6.07 Å². The van der Waals surface area contributed by atoms with Gasteiger partial charge in [0.15, 0.2) is 0 Å². The van der Waals surface area contributed by atoms with Crippen molar-refractivity contribution in [1.82, 2.24) is 5.32 Å². The number of fused-ring (bicyclic) bond motifs is 1. The second-order valence-corrected chi connectivity index (χ2v) is 4.44. The molecule has 1 aromatic rings. The minimum Gasteiger partial charge on any atom is -0.497 e. The van der Waals surface area contributed by atoms with Gasteiger partial charge in [-0.15, -0.1) is 0 Å². The van der Waals surface area contributed by atoms with Crippen molar-refractivity contribution in [1.29, 1.82) is 0 Å². The van der Waals surface area contributed by atoms with E-state index in [4.69, 9.17) is 9.47 Å². The van der Waals surface area contributed by atoms with Crippen molar-refractivity contribution in [3.05, 3.63) is 23.8 Å². The molecule has 2 rings (SSSR count). The first-order valence-electron chi connectivity index (χ1n) is 5.17. The lowest BCUT2D eigenvalue weighted by molar-refractivity contribution is 0.115. The van der Waals surface area contributed by atoms with Gasteiger partial charge in [-0.2, -0.15) is 0 Å². The molecule has 1 heterocycles. The molecule has 0 fully saturated rings. The number of benzene rings is 1. The molecule has 82 valence electrons. The molecule has 0 unspecified atom stereocenters. The van der Waals surface area contributed by atoms with Crippen molar-refractivity contribution in [2.75, 3.05) is 13.7 Å². The van der Waals surface area contributed by atoms with E-state index in [0.29, 0.717) is 0 Å². The molecular weight excluding hydrogens is 190 g/mol. The van der Waals surface area contributed by atoms with Crippen LogP contribution >= 0.6 is 0 Å². The maximum Gasteiger partial charge on any atom is 0.128 e. The molecule has 1 aromatic carbocycles. The summed E-state index contributed by atoms with van der Waals surface area (Å²) in [6.07, 6.45) is 0. The Morgan fingerprint density at radius 2 is 2.20 bits per heavy atom. The molecule has 0 radical (unpaired) electrons. The standard InChI is InChI=1S/C12H17NO2/c1-12(2)8-13-7-9-4-5-10(14-3)6-11(9)15-12/h4-6,13H,7-8H2,1-3H3. The van der Waals surface area contributed by atoms with Crippen molar-refractivity contribution in [2.45, 2.75) is 26.0 Å². The summed E-state index contributed by atoms with van der Waals surface area (Å²) in [5.74, 6) is 1.76. The summed E-state index contributed by atoms with van der Waals surface area (Å²) in [5.41, 5.74) is 1.01. The third kappa shape index (κ3) is 2.23. The van der Waals surface area contributed by atoms with Gasteiger partial charge in [0, 0.05) is 24.7 Å². The van der Waals surface area contributed by atoms with Gasteiger partial charge in [0.2, 0.25) is 0 Å². The molecule has 15 heavy (non-hydrogen) atoms. The van der Waals surface area contributed by atoms with Crippen LogP contribution in [0.3, 0.4) is 0 Å². The monoisotopic (exact) mass is 207 g/mol. The van der Waals surface area contributed by atoms with E-state index in [1.807, 2.05) is 18.2 Å². The largest absolute Gasteiger partial charge is 0.497 e. The van der Waals surface area contributed by atoms with Crippen LogP contribution < -0.4 is 14.8 Å². The molecule has 3 heteroatoms. The van der Waals surface area contributed by atoms with Crippen LogP contribution in [0.25, 0.3) is 0 Å². The van der Waals surface area contributed by atoms with E-state index in [1.54, 1.807) is 7.11 Å². The molecule has 0 aliphatic carbocycles. The zero-order valence-electron chi connectivity index (χ0n) is 9.46. The van der Waals surface area contributed by atoms with Gasteiger partial charge < -0.3 is 14.8 Å². The minimum atomic E-state index is -0.169. The number of ether oxygens (including phenoxy) is 2. The first kappa shape index (κ1) is 10.3. The smallest absolute Gasteiger partial charge is 0.128 e. The number of rotatable bonds is 1. The van der Waals surface area contributed by atoms with Crippen LogP contribution in [0.5, 0.6) is 11.5 Å². The number of hydrogen-bond acceptors (Lipinski definition) is 3. The Balaban J connectivity index is 2.36. The predicted octanol–water partition coefficient (Wildman–Crippen LogP) is 1.96. The van der Waals surface area contributed by atoms with Crippen LogP contribution in [-0.4, -0.2) is 19.3 Å². The molecule has 0 saturated carbocycles.